The Balaban J connectivity index is 1.67. The number of aliphatic hydroxyl groups is 2. The van der Waals surface area contributed by atoms with E-state index in [9.17, 15) is 10.2 Å². The van der Waals surface area contributed by atoms with Crippen molar-refractivity contribution in [2.24, 2.45) is 0 Å². The van der Waals surface area contributed by atoms with E-state index in [1.165, 1.54) is 0 Å². The van der Waals surface area contributed by atoms with E-state index in [0.717, 1.165) is 35.9 Å². The monoisotopic (exact) mass is 343 g/mol. The second-order valence-electron chi connectivity index (χ2n) is 5.29. The predicted molar refractivity (Wildman–Crippen MR) is 81.9 cm³/mol. The second kappa shape index (κ2) is 7.98. The first kappa shape index (κ1) is 15.8. The van der Waals surface area contributed by atoms with Crippen LogP contribution in [0, 0.1) is 0 Å². The summed E-state index contributed by atoms with van der Waals surface area (Å²) in [6.45, 7) is 0.690. The van der Waals surface area contributed by atoms with Crippen LogP contribution in [-0.4, -0.2) is 41.6 Å². The van der Waals surface area contributed by atoms with Crippen molar-refractivity contribution in [3.05, 3.63) is 28.7 Å². The molecule has 3 atom stereocenters. The Bertz CT molecular complexity index is 399. The highest BCUT2D eigenvalue weighted by atomic mass is 79.9. The lowest BCUT2D eigenvalue weighted by Gasteiger charge is -2.29. The smallest absolute Gasteiger partial charge is 0.119 e. The van der Waals surface area contributed by atoms with Gasteiger partial charge in [0.25, 0.3) is 0 Å². The number of benzene rings is 1. The van der Waals surface area contributed by atoms with Crippen molar-refractivity contribution in [3.63, 3.8) is 0 Å². The van der Waals surface area contributed by atoms with Crippen LogP contribution in [0.4, 0.5) is 0 Å². The lowest BCUT2D eigenvalue weighted by Crippen LogP contribution is -2.45. The minimum Gasteiger partial charge on any atom is -0.491 e. The highest BCUT2D eigenvalue weighted by molar-refractivity contribution is 9.10. The van der Waals surface area contributed by atoms with Crippen LogP contribution >= 0.6 is 15.9 Å². The maximum Gasteiger partial charge on any atom is 0.119 e. The van der Waals surface area contributed by atoms with Gasteiger partial charge in [-0.15, -0.1) is 0 Å². The van der Waals surface area contributed by atoms with Gasteiger partial charge >= 0.3 is 0 Å². The van der Waals surface area contributed by atoms with Crippen molar-refractivity contribution in [1.82, 2.24) is 5.32 Å². The van der Waals surface area contributed by atoms with Crippen molar-refractivity contribution in [1.29, 1.82) is 0 Å². The molecule has 0 aliphatic heterocycles. The predicted octanol–water partition coefficient (Wildman–Crippen LogP) is 2.08. The quantitative estimate of drug-likeness (QED) is 0.740. The second-order valence-corrected chi connectivity index (χ2v) is 6.20. The van der Waals surface area contributed by atoms with Gasteiger partial charge in [0.05, 0.1) is 6.10 Å². The number of ether oxygens (including phenoxy) is 1. The molecule has 2 rings (SSSR count). The van der Waals surface area contributed by atoms with Gasteiger partial charge in [-0.25, -0.2) is 0 Å². The molecule has 0 saturated heterocycles. The summed E-state index contributed by atoms with van der Waals surface area (Å²) in [5, 5.41) is 23.0. The highest BCUT2D eigenvalue weighted by Gasteiger charge is 2.23. The van der Waals surface area contributed by atoms with E-state index in [2.05, 4.69) is 21.2 Å². The molecule has 0 aromatic heterocycles. The summed E-state index contributed by atoms with van der Waals surface area (Å²) < 4.78 is 6.51. The Morgan fingerprint density at radius 2 is 1.95 bits per heavy atom. The van der Waals surface area contributed by atoms with Gasteiger partial charge in [0.15, 0.2) is 0 Å². The molecule has 0 bridgehead atoms. The lowest BCUT2D eigenvalue weighted by molar-refractivity contribution is 0.0673. The minimum atomic E-state index is -0.576. The fraction of sp³-hybridized carbons (Fsp3) is 0.600. The van der Waals surface area contributed by atoms with Gasteiger partial charge in [-0.1, -0.05) is 28.8 Å². The molecule has 0 radical (unpaired) electrons. The summed E-state index contributed by atoms with van der Waals surface area (Å²) in [7, 11) is 0. The largest absolute Gasteiger partial charge is 0.491 e. The zero-order valence-electron chi connectivity index (χ0n) is 11.5. The molecule has 3 N–H and O–H groups in total. The third-order valence-corrected chi connectivity index (χ3v) is 4.13. The van der Waals surface area contributed by atoms with Crippen LogP contribution in [0.5, 0.6) is 5.75 Å². The van der Waals surface area contributed by atoms with Gasteiger partial charge in [-0.3, -0.25) is 0 Å². The molecule has 1 aliphatic carbocycles. The molecule has 3 unspecified atom stereocenters. The van der Waals surface area contributed by atoms with Crippen LogP contribution in [0.1, 0.15) is 25.7 Å². The average Bonchev–Trinajstić information content (AvgIpc) is 2.46. The van der Waals surface area contributed by atoms with Crippen LogP contribution in [0.25, 0.3) is 0 Å². The minimum absolute atomic E-state index is 0.103. The molecule has 112 valence electrons. The lowest BCUT2D eigenvalue weighted by atomic mass is 9.92. The molecular weight excluding hydrogens is 322 g/mol. The Morgan fingerprint density at radius 3 is 2.65 bits per heavy atom. The number of nitrogens with one attached hydrogen (secondary N) is 1. The van der Waals surface area contributed by atoms with E-state index in [4.69, 9.17) is 4.74 Å². The Kier molecular flexibility index (Phi) is 6.29. The summed E-state index contributed by atoms with van der Waals surface area (Å²) in [6.07, 6.45) is 3.19. The van der Waals surface area contributed by atoms with Crippen molar-refractivity contribution in [2.45, 2.75) is 43.9 Å². The topological polar surface area (TPSA) is 61.7 Å². The molecule has 20 heavy (non-hydrogen) atoms. The number of hydrogen-bond acceptors (Lipinski definition) is 4. The first-order valence-electron chi connectivity index (χ1n) is 7.13. The van der Waals surface area contributed by atoms with Gasteiger partial charge in [0.2, 0.25) is 0 Å². The normalized spacial score (nSPS) is 24.4. The zero-order valence-corrected chi connectivity index (χ0v) is 13.1. The van der Waals surface area contributed by atoms with Crippen molar-refractivity contribution < 1.29 is 14.9 Å². The summed E-state index contributed by atoms with van der Waals surface area (Å²) in [4.78, 5) is 0. The van der Waals surface area contributed by atoms with Gasteiger partial charge < -0.3 is 20.3 Å². The molecule has 0 spiro atoms. The molecule has 5 heteroatoms. The number of rotatable bonds is 6. The van der Waals surface area contributed by atoms with Crippen LogP contribution in [-0.2, 0) is 0 Å². The Labute approximate surface area is 128 Å². The molecule has 0 amide bonds. The van der Waals surface area contributed by atoms with Crippen molar-refractivity contribution in [2.75, 3.05) is 13.2 Å². The van der Waals surface area contributed by atoms with E-state index in [0.29, 0.717) is 6.54 Å². The standard InChI is InChI=1S/C15H22BrNO3/c16-11-5-7-13(8-6-11)20-10-12(18)9-17-14-3-1-2-4-15(14)19/h5-8,12,14-15,17-19H,1-4,9-10H2. The fourth-order valence-corrected chi connectivity index (χ4v) is 2.68. The number of hydrogen-bond donors (Lipinski definition) is 3. The van der Waals surface area contributed by atoms with Crippen LogP contribution in [0.3, 0.4) is 0 Å². The van der Waals surface area contributed by atoms with Gasteiger partial charge in [0, 0.05) is 17.1 Å². The Morgan fingerprint density at radius 1 is 1.25 bits per heavy atom. The molecule has 1 aromatic carbocycles. The van der Waals surface area contributed by atoms with Crippen LogP contribution in [0.2, 0.25) is 0 Å². The maximum absolute atomic E-state index is 9.90. The molecule has 1 aliphatic rings. The molecule has 4 nitrogen and oxygen atoms in total. The fourth-order valence-electron chi connectivity index (χ4n) is 2.42. The van der Waals surface area contributed by atoms with Crippen LogP contribution < -0.4 is 10.1 Å². The zero-order chi connectivity index (χ0) is 14.4. The SMILES string of the molecule is OC(CNC1CCCCC1O)COc1ccc(Br)cc1. The van der Waals surface area contributed by atoms with E-state index < -0.39 is 6.10 Å². The molecule has 1 fully saturated rings. The van der Waals surface area contributed by atoms with Gasteiger partial charge in [-0.2, -0.15) is 0 Å². The summed E-state index contributed by atoms with van der Waals surface area (Å²) >= 11 is 3.36. The molecule has 0 heterocycles. The number of halogens is 1. The van der Waals surface area contributed by atoms with E-state index in [1.54, 1.807) is 0 Å². The van der Waals surface area contributed by atoms with E-state index >= 15 is 0 Å². The van der Waals surface area contributed by atoms with Gasteiger partial charge in [0.1, 0.15) is 18.5 Å². The first-order chi connectivity index (χ1) is 9.65. The molecule has 1 aromatic rings. The van der Waals surface area contributed by atoms with Crippen molar-refractivity contribution in [3.8, 4) is 5.75 Å². The third-order valence-electron chi connectivity index (χ3n) is 3.60. The molecular formula is C15H22BrNO3. The first-order valence-corrected chi connectivity index (χ1v) is 7.92. The number of aliphatic hydroxyl groups excluding tert-OH is 2. The summed E-state index contributed by atoms with van der Waals surface area (Å²) in [5.74, 6) is 0.741. The van der Waals surface area contributed by atoms with Crippen molar-refractivity contribution >= 4 is 15.9 Å². The van der Waals surface area contributed by atoms with E-state index in [-0.39, 0.29) is 18.8 Å². The maximum atomic E-state index is 9.90. The Hall–Kier alpha value is -0.620. The van der Waals surface area contributed by atoms with Gasteiger partial charge in [-0.05, 0) is 37.1 Å². The van der Waals surface area contributed by atoms with Crippen LogP contribution in [0.15, 0.2) is 28.7 Å². The summed E-state index contributed by atoms with van der Waals surface area (Å²) in [6, 6.07) is 7.62. The summed E-state index contributed by atoms with van der Waals surface area (Å²) in [5.41, 5.74) is 0. The average molecular weight is 344 g/mol. The third kappa shape index (κ3) is 5.05. The van der Waals surface area contributed by atoms with E-state index in [1.807, 2.05) is 24.3 Å². The molecule has 1 saturated carbocycles. The highest BCUT2D eigenvalue weighted by Crippen LogP contribution is 2.18.